The van der Waals surface area contributed by atoms with E-state index in [1.165, 1.54) is 27.0 Å². The molecular weight excluding hydrogens is 480 g/mol. The average Bonchev–Trinajstić information content (AvgIpc) is 3.55. The summed E-state index contributed by atoms with van der Waals surface area (Å²) in [6.07, 6.45) is 1.90. The van der Waals surface area contributed by atoms with Gasteiger partial charge in [-0.15, -0.1) is 11.3 Å². The van der Waals surface area contributed by atoms with E-state index in [9.17, 15) is 13.2 Å². The van der Waals surface area contributed by atoms with Crippen molar-refractivity contribution in [2.75, 3.05) is 45.7 Å². The second-order valence-electron chi connectivity index (χ2n) is 8.16. The standard InChI is InChI=1S/C22H28N4O4S3/c1-24(2)12-7-13-25(22-23-20-17(30-3)9-4-10-18(20)32-22)21(27)16-8-5-14-26(16)33(28,29)19-11-6-15-31-19/h4,6,9-11,15-16H,5,7-8,12-14H2,1-3H3. The molecule has 0 bridgehead atoms. The summed E-state index contributed by atoms with van der Waals surface area (Å²) < 4.78 is 34.5. The Labute approximate surface area is 202 Å². The molecular formula is C22H28N4O4S3. The van der Waals surface area contributed by atoms with E-state index in [1.54, 1.807) is 29.5 Å². The summed E-state index contributed by atoms with van der Waals surface area (Å²) in [6, 6.07) is 8.26. The van der Waals surface area contributed by atoms with Gasteiger partial charge in [-0.05, 0) is 63.5 Å². The molecule has 1 saturated heterocycles. The molecule has 1 aromatic carbocycles. The zero-order valence-electron chi connectivity index (χ0n) is 18.9. The molecule has 178 valence electrons. The van der Waals surface area contributed by atoms with Crippen molar-refractivity contribution in [3.8, 4) is 5.75 Å². The quantitative estimate of drug-likeness (QED) is 0.440. The number of ether oxygens (including phenoxy) is 1. The topological polar surface area (TPSA) is 83.0 Å². The van der Waals surface area contributed by atoms with Crippen molar-refractivity contribution in [3.63, 3.8) is 0 Å². The largest absolute Gasteiger partial charge is 0.494 e. The third kappa shape index (κ3) is 4.92. The first-order valence-electron chi connectivity index (χ1n) is 10.8. The van der Waals surface area contributed by atoms with Gasteiger partial charge in [0.1, 0.15) is 21.5 Å². The Kier molecular flexibility index (Phi) is 7.34. The van der Waals surface area contributed by atoms with E-state index < -0.39 is 16.1 Å². The molecule has 3 aromatic rings. The molecule has 0 spiro atoms. The summed E-state index contributed by atoms with van der Waals surface area (Å²) in [5, 5.41) is 2.31. The highest BCUT2D eigenvalue weighted by molar-refractivity contribution is 7.91. The van der Waals surface area contributed by atoms with Crippen LogP contribution in [0, 0.1) is 0 Å². The average molecular weight is 509 g/mol. The Balaban J connectivity index is 1.67. The van der Waals surface area contributed by atoms with Gasteiger partial charge in [0.15, 0.2) is 5.13 Å². The van der Waals surface area contributed by atoms with Crippen LogP contribution < -0.4 is 9.64 Å². The number of hydrogen-bond donors (Lipinski definition) is 0. The van der Waals surface area contributed by atoms with Gasteiger partial charge in [0.25, 0.3) is 10.0 Å². The van der Waals surface area contributed by atoms with Gasteiger partial charge in [0.05, 0.1) is 11.8 Å². The number of para-hydroxylation sites is 1. The van der Waals surface area contributed by atoms with Crippen LogP contribution in [0.15, 0.2) is 39.9 Å². The Morgan fingerprint density at radius 1 is 1.24 bits per heavy atom. The number of nitrogens with zero attached hydrogens (tertiary/aromatic N) is 4. The first-order valence-corrected chi connectivity index (χ1v) is 13.9. The van der Waals surface area contributed by atoms with Gasteiger partial charge in [-0.1, -0.05) is 23.5 Å². The molecule has 0 radical (unpaired) electrons. The number of fused-ring (bicyclic) bond motifs is 1. The summed E-state index contributed by atoms with van der Waals surface area (Å²) in [7, 11) is 1.86. The molecule has 0 aliphatic carbocycles. The van der Waals surface area contributed by atoms with E-state index in [4.69, 9.17) is 9.72 Å². The highest BCUT2D eigenvalue weighted by Gasteiger charge is 2.42. The maximum Gasteiger partial charge on any atom is 0.253 e. The van der Waals surface area contributed by atoms with Gasteiger partial charge in [0, 0.05) is 13.1 Å². The molecule has 2 aromatic heterocycles. The molecule has 8 nitrogen and oxygen atoms in total. The van der Waals surface area contributed by atoms with E-state index in [2.05, 4.69) is 4.90 Å². The highest BCUT2D eigenvalue weighted by atomic mass is 32.2. The van der Waals surface area contributed by atoms with E-state index in [-0.39, 0.29) is 10.1 Å². The molecule has 4 rings (SSSR count). The number of aromatic nitrogens is 1. The number of hydrogen-bond acceptors (Lipinski definition) is 8. The monoisotopic (exact) mass is 508 g/mol. The van der Waals surface area contributed by atoms with Gasteiger partial charge < -0.3 is 9.64 Å². The maximum atomic E-state index is 13.8. The molecule has 1 aliphatic heterocycles. The summed E-state index contributed by atoms with van der Waals surface area (Å²) in [5.41, 5.74) is 0.708. The Morgan fingerprint density at radius 3 is 2.76 bits per heavy atom. The van der Waals surface area contributed by atoms with Gasteiger partial charge >= 0.3 is 0 Å². The number of carbonyl (C=O) groups is 1. The van der Waals surface area contributed by atoms with Crippen LogP contribution in [0.5, 0.6) is 5.75 Å². The fourth-order valence-electron chi connectivity index (χ4n) is 4.02. The predicted molar refractivity (Wildman–Crippen MR) is 133 cm³/mol. The minimum absolute atomic E-state index is 0.218. The molecule has 1 aliphatic rings. The fraction of sp³-hybridized carbons (Fsp3) is 0.455. The van der Waals surface area contributed by atoms with Crippen molar-refractivity contribution < 1.29 is 17.9 Å². The van der Waals surface area contributed by atoms with Crippen molar-refractivity contribution in [1.82, 2.24) is 14.2 Å². The van der Waals surface area contributed by atoms with Crippen molar-refractivity contribution in [2.45, 2.75) is 29.5 Å². The van der Waals surface area contributed by atoms with Crippen LogP contribution in [0.3, 0.4) is 0 Å². The summed E-state index contributed by atoms with van der Waals surface area (Å²) in [6.45, 7) is 1.61. The number of carbonyl (C=O) groups excluding carboxylic acids is 1. The van der Waals surface area contributed by atoms with Crippen molar-refractivity contribution in [3.05, 3.63) is 35.7 Å². The molecule has 0 N–H and O–H groups in total. The lowest BCUT2D eigenvalue weighted by molar-refractivity contribution is -0.121. The van der Waals surface area contributed by atoms with Gasteiger partial charge in [0.2, 0.25) is 5.91 Å². The number of thiazole rings is 1. The molecule has 1 unspecified atom stereocenters. The van der Waals surface area contributed by atoms with Crippen LogP contribution >= 0.6 is 22.7 Å². The summed E-state index contributed by atoms with van der Waals surface area (Å²) in [4.78, 5) is 22.3. The van der Waals surface area contributed by atoms with Crippen LogP contribution in [-0.2, 0) is 14.8 Å². The highest BCUT2D eigenvalue weighted by Crippen LogP contribution is 2.36. The molecule has 0 saturated carbocycles. The first kappa shape index (κ1) is 24.1. The van der Waals surface area contributed by atoms with Crippen LogP contribution in [0.1, 0.15) is 19.3 Å². The number of methoxy groups -OCH3 is 1. The zero-order valence-corrected chi connectivity index (χ0v) is 21.4. The molecule has 33 heavy (non-hydrogen) atoms. The summed E-state index contributed by atoms with van der Waals surface area (Å²) >= 11 is 2.60. The smallest absolute Gasteiger partial charge is 0.253 e. The van der Waals surface area contributed by atoms with Crippen LogP contribution in [0.4, 0.5) is 5.13 Å². The number of sulfonamides is 1. The number of anilines is 1. The van der Waals surface area contributed by atoms with Crippen LogP contribution in [0.25, 0.3) is 10.2 Å². The van der Waals surface area contributed by atoms with Crippen LogP contribution in [0.2, 0.25) is 0 Å². The van der Waals surface area contributed by atoms with E-state index >= 15 is 0 Å². The van der Waals surface area contributed by atoms with Crippen molar-refractivity contribution in [2.24, 2.45) is 0 Å². The third-order valence-electron chi connectivity index (χ3n) is 5.62. The van der Waals surface area contributed by atoms with Gasteiger partial charge in [-0.2, -0.15) is 4.31 Å². The number of benzene rings is 1. The lowest BCUT2D eigenvalue weighted by Gasteiger charge is -2.28. The lowest BCUT2D eigenvalue weighted by atomic mass is 10.2. The Morgan fingerprint density at radius 2 is 2.06 bits per heavy atom. The van der Waals surface area contributed by atoms with E-state index in [1.807, 2.05) is 32.3 Å². The second-order valence-corrected chi connectivity index (χ2v) is 12.2. The van der Waals surface area contributed by atoms with Crippen molar-refractivity contribution >= 4 is 54.0 Å². The fourth-order valence-corrected chi connectivity index (χ4v) is 7.80. The van der Waals surface area contributed by atoms with E-state index in [0.29, 0.717) is 42.3 Å². The Bertz CT molecular complexity index is 1210. The van der Waals surface area contributed by atoms with Crippen molar-refractivity contribution in [1.29, 1.82) is 0 Å². The normalized spacial score (nSPS) is 17.2. The number of thiophene rings is 1. The SMILES string of the molecule is COc1cccc2sc(N(CCCN(C)C)C(=O)C3CCCN3S(=O)(=O)c3cccs3)nc12. The molecule has 3 heterocycles. The second kappa shape index (κ2) is 10.1. The number of amides is 1. The number of rotatable bonds is 9. The molecule has 1 fully saturated rings. The van der Waals surface area contributed by atoms with E-state index in [0.717, 1.165) is 17.7 Å². The predicted octanol–water partition coefficient (Wildman–Crippen LogP) is 3.50. The zero-order chi connectivity index (χ0) is 23.6. The maximum absolute atomic E-state index is 13.8. The minimum Gasteiger partial charge on any atom is -0.494 e. The first-order chi connectivity index (χ1) is 15.8. The lowest BCUT2D eigenvalue weighted by Crippen LogP contribution is -2.48. The summed E-state index contributed by atoms with van der Waals surface area (Å²) in [5.74, 6) is 0.433. The minimum atomic E-state index is -3.72. The molecule has 1 amide bonds. The van der Waals surface area contributed by atoms with Gasteiger partial charge in [-0.25, -0.2) is 13.4 Å². The molecule has 11 heteroatoms. The Hall–Kier alpha value is -2.05. The third-order valence-corrected chi connectivity index (χ3v) is 9.95. The van der Waals surface area contributed by atoms with Crippen LogP contribution in [-0.4, -0.2) is 75.4 Å². The van der Waals surface area contributed by atoms with Gasteiger partial charge in [-0.3, -0.25) is 9.69 Å². The molecule has 1 atom stereocenters.